The summed E-state index contributed by atoms with van der Waals surface area (Å²) in [4.78, 5) is 41.8. The second-order valence-corrected chi connectivity index (χ2v) is 7.33. The normalized spacial score (nSPS) is 14.7. The Balaban J connectivity index is 1.91. The number of hydrogen-bond acceptors (Lipinski definition) is 5. The molecule has 9 heteroatoms. The summed E-state index contributed by atoms with van der Waals surface area (Å²) < 4.78 is 0.450. The molecule has 0 atom stereocenters. The molecule has 3 rings (SSSR count). The maximum Gasteiger partial charge on any atom is 0.271 e. The minimum atomic E-state index is -0.535. The first-order chi connectivity index (χ1) is 14.0. The van der Waals surface area contributed by atoms with E-state index < -0.39 is 10.8 Å². The third-order valence-electron chi connectivity index (χ3n) is 4.59. The smallest absolute Gasteiger partial charge is 0.271 e. The fraction of sp³-hybridized carbons (Fsp3) is 0.250. The first-order valence-electron chi connectivity index (χ1n) is 9.12. The first-order valence-corrected chi connectivity index (χ1v) is 9.92. The van der Waals surface area contributed by atoms with E-state index in [0.29, 0.717) is 23.1 Å². The van der Waals surface area contributed by atoms with Crippen LogP contribution in [0.15, 0.2) is 54.5 Å². The van der Waals surface area contributed by atoms with Gasteiger partial charge >= 0.3 is 0 Å². The van der Waals surface area contributed by atoms with Gasteiger partial charge in [-0.2, -0.15) is 0 Å². The number of nitro groups is 1. The summed E-state index contributed by atoms with van der Waals surface area (Å²) in [5, 5.41) is 13.5. The first kappa shape index (κ1) is 20.7. The molecule has 1 aromatic heterocycles. The van der Waals surface area contributed by atoms with Crippen LogP contribution in [0.4, 0.5) is 5.69 Å². The standard InChI is InChI=1S/C20H19BrN4O4/c21-17(14-8-10-22-11-9-14)18(20(27)24-12-2-1-3-13-24)23-19(26)15-4-6-16(7-5-15)25(28)29/h4-11H,1-3,12-13H2,(H,23,26)/b18-17-. The zero-order chi connectivity index (χ0) is 20.8. The number of non-ortho nitro benzene ring substituents is 1. The number of aromatic nitrogens is 1. The van der Waals surface area contributed by atoms with Crippen LogP contribution in [0.25, 0.3) is 4.48 Å². The number of nitro benzene ring substituents is 1. The van der Waals surface area contributed by atoms with E-state index in [9.17, 15) is 19.7 Å². The molecule has 1 aromatic carbocycles. The van der Waals surface area contributed by atoms with Crippen molar-refractivity contribution in [3.8, 4) is 0 Å². The maximum atomic E-state index is 13.1. The molecule has 8 nitrogen and oxygen atoms in total. The summed E-state index contributed by atoms with van der Waals surface area (Å²) in [6.07, 6.45) is 6.10. The Morgan fingerprint density at radius 1 is 1.00 bits per heavy atom. The van der Waals surface area contributed by atoms with Gasteiger partial charge in [0.15, 0.2) is 0 Å². The molecule has 0 saturated carbocycles. The molecule has 1 fully saturated rings. The molecular weight excluding hydrogens is 440 g/mol. The molecular formula is C20H19BrN4O4. The Hall–Kier alpha value is -3.07. The predicted molar refractivity (Wildman–Crippen MR) is 111 cm³/mol. The Morgan fingerprint density at radius 3 is 2.21 bits per heavy atom. The number of nitrogens with zero attached hydrogens (tertiary/aromatic N) is 3. The SMILES string of the molecule is O=C(N/C(C(=O)N1CCCCC1)=C(\Br)c1ccncc1)c1ccc([N+](=O)[O-])cc1. The predicted octanol–water partition coefficient (Wildman–Crippen LogP) is 3.50. The average Bonchev–Trinajstić information content (AvgIpc) is 2.77. The van der Waals surface area contributed by atoms with Crippen molar-refractivity contribution in [1.29, 1.82) is 0 Å². The van der Waals surface area contributed by atoms with Gasteiger partial charge < -0.3 is 10.2 Å². The van der Waals surface area contributed by atoms with Gasteiger partial charge in [-0.1, -0.05) is 0 Å². The van der Waals surface area contributed by atoms with E-state index in [2.05, 4.69) is 26.2 Å². The minimum Gasteiger partial charge on any atom is -0.337 e. The quantitative estimate of drug-likeness (QED) is 0.419. The molecule has 0 radical (unpaired) electrons. The van der Waals surface area contributed by atoms with Crippen LogP contribution in [0.5, 0.6) is 0 Å². The lowest BCUT2D eigenvalue weighted by Gasteiger charge is -2.28. The van der Waals surface area contributed by atoms with Crippen molar-refractivity contribution < 1.29 is 14.5 Å². The molecule has 0 spiro atoms. The number of amides is 2. The maximum absolute atomic E-state index is 13.1. The van der Waals surface area contributed by atoms with Gasteiger partial charge in [0.2, 0.25) is 0 Å². The number of halogens is 1. The Labute approximate surface area is 175 Å². The highest BCUT2D eigenvalue weighted by atomic mass is 79.9. The highest BCUT2D eigenvalue weighted by molar-refractivity contribution is 9.15. The van der Waals surface area contributed by atoms with Gasteiger partial charge in [0.25, 0.3) is 17.5 Å². The molecule has 0 bridgehead atoms. The Morgan fingerprint density at radius 2 is 1.62 bits per heavy atom. The topological polar surface area (TPSA) is 105 Å². The summed E-state index contributed by atoms with van der Waals surface area (Å²) in [6, 6.07) is 8.68. The number of piperidine rings is 1. The second-order valence-electron chi connectivity index (χ2n) is 6.54. The second kappa shape index (κ2) is 9.42. The van der Waals surface area contributed by atoms with Crippen molar-refractivity contribution in [2.75, 3.05) is 13.1 Å². The fourth-order valence-corrected chi connectivity index (χ4v) is 3.55. The lowest BCUT2D eigenvalue weighted by Crippen LogP contribution is -2.41. The number of pyridine rings is 1. The highest BCUT2D eigenvalue weighted by Gasteiger charge is 2.25. The summed E-state index contributed by atoms with van der Waals surface area (Å²) in [5.74, 6) is -0.796. The van der Waals surface area contributed by atoms with Crippen molar-refractivity contribution in [1.82, 2.24) is 15.2 Å². The number of carbonyl (C=O) groups is 2. The van der Waals surface area contributed by atoms with Gasteiger partial charge in [-0.05, 0) is 65.0 Å². The highest BCUT2D eigenvalue weighted by Crippen LogP contribution is 2.26. The van der Waals surface area contributed by atoms with Crippen molar-refractivity contribution in [2.45, 2.75) is 19.3 Å². The molecule has 150 valence electrons. The lowest BCUT2D eigenvalue weighted by molar-refractivity contribution is -0.384. The molecule has 1 N–H and O–H groups in total. The van der Waals surface area contributed by atoms with Gasteiger partial charge in [-0.25, -0.2) is 0 Å². The van der Waals surface area contributed by atoms with Gasteiger partial charge in [0.1, 0.15) is 5.70 Å². The van der Waals surface area contributed by atoms with Crippen LogP contribution < -0.4 is 5.32 Å². The van der Waals surface area contributed by atoms with Crippen LogP contribution in [-0.4, -0.2) is 39.7 Å². The third-order valence-corrected chi connectivity index (χ3v) is 5.44. The number of likely N-dealkylation sites (tertiary alicyclic amines) is 1. The van der Waals surface area contributed by atoms with Crippen LogP contribution in [0, 0.1) is 10.1 Å². The lowest BCUT2D eigenvalue weighted by atomic mass is 10.1. The molecule has 2 heterocycles. The van der Waals surface area contributed by atoms with Crippen molar-refractivity contribution in [3.05, 3.63) is 75.7 Å². The molecule has 1 aliphatic rings. The van der Waals surface area contributed by atoms with Gasteiger partial charge in [-0.3, -0.25) is 24.7 Å². The number of benzene rings is 1. The van der Waals surface area contributed by atoms with Crippen LogP contribution >= 0.6 is 15.9 Å². The molecule has 0 aliphatic carbocycles. The van der Waals surface area contributed by atoms with Gasteiger partial charge in [0.05, 0.1) is 9.41 Å². The summed E-state index contributed by atoms with van der Waals surface area (Å²) in [7, 11) is 0. The zero-order valence-corrected chi connectivity index (χ0v) is 17.1. The fourth-order valence-electron chi connectivity index (χ4n) is 3.02. The van der Waals surface area contributed by atoms with Crippen molar-refractivity contribution >= 4 is 37.9 Å². The molecule has 2 aromatic rings. The minimum absolute atomic E-state index is 0.111. The van der Waals surface area contributed by atoms with E-state index in [1.807, 2.05) is 0 Å². The average molecular weight is 459 g/mol. The zero-order valence-electron chi connectivity index (χ0n) is 15.5. The van der Waals surface area contributed by atoms with Crippen LogP contribution in [0.1, 0.15) is 35.2 Å². The molecule has 2 amide bonds. The molecule has 1 saturated heterocycles. The molecule has 29 heavy (non-hydrogen) atoms. The number of nitrogens with one attached hydrogen (secondary N) is 1. The van der Waals surface area contributed by atoms with E-state index in [-0.39, 0.29) is 22.9 Å². The number of hydrogen-bond donors (Lipinski definition) is 1. The molecule has 0 unspecified atom stereocenters. The van der Waals surface area contributed by atoms with Crippen LogP contribution in [-0.2, 0) is 4.79 Å². The van der Waals surface area contributed by atoms with Gasteiger partial charge in [-0.15, -0.1) is 0 Å². The Kier molecular flexibility index (Phi) is 6.71. The van der Waals surface area contributed by atoms with Gasteiger partial charge in [0, 0.05) is 43.2 Å². The summed E-state index contributed by atoms with van der Waals surface area (Å²) in [6.45, 7) is 1.26. The molecule has 1 aliphatic heterocycles. The monoisotopic (exact) mass is 458 g/mol. The number of carbonyl (C=O) groups excluding carboxylic acids is 2. The van der Waals surface area contributed by atoms with Crippen molar-refractivity contribution in [2.24, 2.45) is 0 Å². The van der Waals surface area contributed by atoms with E-state index in [4.69, 9.17) is 0 Å². The summed E-state index contributed by atoms with van der Waals surface area (Å²) >= 11 is 3.45. The van der Waals surface area contributed by atoms with E-state index in [1.165, 1.54) is 24.3 Å². The van der Waals surface area contributed by atoms with E-state index in [1.54, 1.807) is 29.4 Å². The number of rotatable bonds is 5. The largest absolute Gasteiger partial charge is 0.337 e. The van der Waals surface area contributed by atoms with E-state index >= 15 is 0 Å². The summed E-state index contributed by atoms with van der Waals surface area (Å²) in [5.41, 5.74) is 0.931. The van der Waals surface area contributed by atoms with E-state index in [0.717, 1.165) is 19.3 Å². The third kappa shape index (κ3) is 5.05. The van der Waals surface area contributed by atoms with Crippen LogP contribution in [0.2, 0.25) is 0 Å². The van der Waals surface area contributed by atoms with Crippen molar-refractivity contribution in [3.63, 3.8) is 0 Å². The Bertz CT molecular complexity index is 939. The van der Waals surface area contributed by atoms with Crippen LogP contribution in [0.3, 0.4) is 0 Å².